The quantitative estimate of drug-likeness (QED) is 0.894. The first kappa shape index (κ1) is 12.5. The summed E-state index contributed by atoms with van der Waals surface area (Å²) in [6, 6.07) is 5.43. The van der Waals surface area contributed by atoms with E-state index in [0.717, 1.165) is 12.8 Å². The topological polar surface area (TPSA) is 81.0 Å². The van der Waals surface area contributed by atoms with Crippen LogP contribution in [0, 0.1) is 0 Å². The van der Waals surface area contributed by atoms with Crippen LogP contribution >= 0.6 is 0 Å². The number of benzene rings is 1. The highest BCUT2D eigenvalue weighted by Gasteiger charge is 2.09. The summed E-state index contributed by atoms with van der Waals surface area (Å²) >= 11 is 0. The molecule has 1 heterocycles. The van der Waals surface area contributed by atoms with Crippen molar-refractivity contribution in [2.24, 2.45) is 0 Å². The van der Waals surface area contributed by atoms with E-state index in [1.807, 2.05) is 18.2 Å². The Labute approximate surface area is 115 Å². The van der Waals surface area contributed by atoms with Gasteiger partial charge in [0.1, 0.15) is 18.2 Å². The standard InChI is InChI=1S/C15H15N3O2/c16-14-13-11(17-15(19)18-14)7-4-8-12(13)20-9-10-5-2-1-3-6-10/h1-2,4-5,7-8H,3,6,9H2,(H3,16,17,18,19). The van der Waals surface area contributed by atoms with Crippen LogP contribution in [0.3, 0.4) is 0 Å². The largest absolute Gasteiger partial charge is 0.488 e. The number of ether oxygens (including phenoxy) is 1. The molecule has 0 radical (unpaired) electrons. The van der Waals surface area contributed by atoms with E-state index in [4.69, 9.17) is 10.5 Å². The number of nitrogen functional groups attached to an aromatic ring is 1. The van der Waals surface area contributed by atoms with Crippen LogP contribution in [0.1, 0.15) is 12.8 Å². The van der Waals surface area contributed by atoms with E-state index < -0.39 is 5.69 Å². The van der Waals surface area contributed by atoms with Gasteiger partial charge in [0.2, 0.25) is 0 Å². The lowest BCUT2D eigenvalue weighted by atomic mass is 10.1. The smallest absolute Gasteiger partial charge is 0.347 e. The number of aromatic nitrogens is 2. The number of nitrogens with two attached hydrogens (primary N) is 1. The summed E-state index contributed by atoms with van der Waals surface area (Å²) in [4.78, 5) is 17.7. The average molecular weight is 269 g/mol. The summed E-state index contributed by atoms with van der Waals surface area (Å²) in [6.45, 7) is 0.516. The molecule has 102 valence electrons. The fourth-order valence-electron chi connectivity index (χ4n) is 2.27. The Morgan fingerprint density at radius 1 is 1.40 bits per heavy atom. The number of anilines is 1. The molecule has 0 saturated carbocycles. The van der Waals surface area contributed by atoms with Crippen LogP contribution < -0.4 is 16.2 Å². The fraction of sp³-hybridized carbons (Fsp3) is 0.200. The molecule has 5 nitrogen and oxygen atoms in total. The second-order valence-corrected chi connectivity index (χ2v) is 4.69. The molecule has 0 spiro atoms. The molecular weight excluding hydrogens is 254 g/mol. The zero-order valence-corrected chi connectivity index (χ0v) is 10.9. The van der Waals surface area contributed by atoms with Gasteiger partial charge in [-0.05, 0) is 30.5 Å². The van der Waals surface area contributed by atoms with Crippen molar-refractivity contribution in [2.45, 2.75) is 12.8 Å². The lowest BCUT2D eigenvalue weighted by molar-refractivity contribution is 0.351. The molecule has 1 aliphatic carbocycles. The third kappa shape index (κ3) is 2.42. The minimum absolute atomic E-state index is 0.192. The summed E-state index contributed by atoms with van der Waals surface area (Å²) < 4.78 is 5.84. The maximum Gasteiger partial charge on any atom is 0.347 e. The Morgan fingerprint density at radius 2 is 2.30 bits per heavy atom. The first-order valence-electron chi connectivity index (χ1n) is 6.50. The minimum atomic E-state index is -0.452. The Bertz CT molecular complexity index is 759. The molecule has 0 amide bonds. The van der Waals surface area contributed by atoms with Crippen molar-refractivity contribution < 1.29 is 4.74 Å². The van der Waals surface area contributed by atoms with Gasteiger partial charge in [0.05, 0.1) is 10.9 Å². The number of allylic oxidation sites excluding steroid dienone is 3. The van der Waals surface area contributed by atoms with Crippen molar-refractivity contribution in [1.82, 2.24) is 9.97 Å². The van der Waals surface area contributed by atoms with Gasteiger partial charge in [-0.3, -0.25) is 0 Å². The van der Waals surface area contributed by atoms with Crippen LogP contribution in [-0.2, 0) is 0 Å². The molecular formula is C15H15N3O2. The lowest BCUT2D eigenvalue weighted by Crippen LogP contribution is -2.13. The molecule has 1 aromatic carbocycles. The highest BCUT2D eigenvalue weighted by Crippen LogP contribution is 2.27. The molecule has 0 aliphatic heterocycles. The summed E-state index contributed by atoms with van der Waals surface area (Å²) in [5.41, 5.74) is 7.25. The van der Waals surface area contributed by atoms with E-state index >= 15 is 0 Å². The second-order valence-electron chi connectivity index (χ2n) is 4.69. The number of hydrogen-bond acceptors (Lipinski definition) is 4. The van der Waals surface area contributed by atoms with Crippen molar-refractivity contribution in [3.05, 3.63) is 52.5 Å². The molecule has 3 rings (SSSR count). The molecule has 1 aliphatic rings. The van der Waals surface area contributed by atoms with E-state index in [2.05, 4.69) is 22.1 Å². The van der Waals surface area contributed by atoms with Gasteiger partial charge in [-0.25, -0.2) is 4.79 Å². The highest BCUT2D eigenvalue weighted by molar-refractivity contribution is 5.93. The highest BCUT2D eigenvalue weighted by atomic mass is 16.5. The van der Waals surface area contributed by atoms with Gasteiger partial charge in [-0.15, -0.1) is 0 Å². The van der Waals surface area contributed by atoms with Crippen LogP contribution in [0.2, 0.25) is 0 Å². The molecule has 0 saturated heterocycles. The number of H-pyrrole nitrogens is 1. The second kappa shape index (κ2) is 5.21. The third-order valence-electron chi connectivity index (χ3n) is 3.26. The Hall–Kier alpha value is -2.56. The lowest BCUT2D eigenvalue weighted by Gasteiger charge is -2.13. The van der Waals surface area contributed by atoms with Crippen LogP contribution in [0.5, 0.6) is 5.75 Å². The average Bonchev–Trinajstić information content (AvgIpc) is 2.45. The van der Waals surface area contributed by atoms with Gasteiger partial charge in [0.25, 0.3) is 0 Å². The molecule has 1 aromatic heterocycles. The first-order chi connectivity index (χ1) is 9.74. The van der Waals surface area contributed by atoms with Crippen molar-refractivity contribution in [2.75, 3.05) is 12.3 Å². The van der Waals surface area contributed by atoms with Crippen LogP contribution in [0.25, 0.3) is 10.9 Å². The van der Waals surface area contributed by atoms with E-state index in [1.165, 1.54) is 5.57 Å². The summed E-state index contributed by atoms with van der Waals surface area (Å²) in [7, 11) is 0. The van der Waals surface area contributed by atoms with Crippen LogP contribution in [0.4, 0.5) is 5.82 Å². The number of aromatic amines is 1. The molecule has 0 atom stereocenters. The van der Waals surface area contributed by atoms with E-state index in [0.29, 0.717) is 23.3 Å². The van der Waals surface area contributed by atoms with E-state index in [9.17, 15) is 4.79 Å². The summed E-state index contributed by atoms with van der Waals surface area (Å²) in [5, 5.41) is 0.652. The molecule has 0 unspecified atom stereocenters. The van der Waals surface area contributed by atoms with Crippen molar-refractivity contribution in [3.8, 4) is 5.75 Å². The maximum absolute atomic E-state index is 11.3. The predicted molar refractivity (Wildman–Crippen MR) is 78.7 cm³/mol. The third-order valence-corrected chi connectivity index (χ3v) is 3.26. The Balaban J connectivity index is 1.93. The number of fused-ring (bicyclic) bond motifs is 1. The molecule has 2 aromatic rings. The fourth-order valence-corrected chi connectivity index (χ4v) is 2.27. The number of rotatable bonds is 3. The van der Waals surface area contributed by atoms with Crippen molar-refractivity contribution in [3.63, 3.8) is 0 Å². The summed E-state index contributed by atoms with van der Waals surface area (Å²) in [6.07, 6.45) is 8.29. The van der Waals surface area contributed by atoms with Gasteiger partial charge >= 0.3 is 5.69 Å². The Kier molecular flexibility index (Phi) is 3.25. The van der Waals surface area contributed by atoms with Gasteiger partial charge in [-0.2, -0.15) is 4.98 Å². The van der Waals surface area contributed by atoms with Crippen molar-refractivity contribution >= 4 is 16.7 Å². The SMILES string of the molecule is Nc1nc(=O)[nH]c2cccc(OCC3=CC=CCC3)c12. The first-order valence-corrected chi connectivity index (χ1v) is 6.50. The van der Waals surface area contributed by atoms with Crippen molar-refractivity contribution in [1.29, 1.82) is 0 Å². The van der Waals surface area contributed by atoms with Gasteiger partial charge in [0, 0.05) is 0 Å². The zero-order valence-electron chi connectivity index (χ0n) is 10.9. The normalized spacial score (nSPS) is 14.3. The van der Waals surface area contributed by atoms with Gasteiger partial charge < -0.3 is 15.5 Å². The van der Waals surface area contributed by atoms with Crippen LogP contribution in [-0.4, -0.2) is 16.6 Å². The van der Waals surface area contributed by atoms with E-state index in [1.54, 1.807) is 6.07 Å². The minimum Gasteiger partial charge on any atom is -0.488 e. The molecule has 5 heteroatoms. The zero-order chi connectivity index (χ0) is 13.9. The molecule has 0 bridgehead atoms. The molecule has 20 heavy (non-hydrogen) atoms. The maximum atomic E-state index is 11.3. The molecule has 0 fully saturated rings. The van der Waals surface area contributed by atoms with Crippen LogP contribution in [0.15, 0.2) is 46.8 Å². The Morgan fingerprint density at radius 3 is 3.10 bits per heavy atom. The summed E-state index contributed by atoms with van der Waals surface area (Å²) in [5.74, 6) is 0.830. The van der Waals surface area contributed by atoms with Gasteiger partial charge in [-0.1, -0.05) is 24.3 Å². The number of hydrogen-bond donors (Lipinski definition) is 2. The predicted octanol–water partition coefficient (Wildman–Crippen LogP) is 2.16. The number of nitrogens with zero attached hydrogens (tertiary/aromatic N) is 1. The monoisotopic (exact) mass is 269 g/mol. The number of nitrogens with one attached hydrogen (secondary N) is 1. The van der Waals surface area contributed by atoms with E-state index in [-0.39, 0.29) is 5.82 Å². The molecule has 3 N–H and O–H groups in total. The van der Waals surface area contributed by atoms with Gasteiger partial charge in [0.15, 0.2) is 0 Å².